The Hall–Kier alpha value is -2.27. The molecule has 0 amide bonds. The van der Waals surface area contributed by atoms with Crippen LogP contribution >= 0.6 is 0 Å². The zero-order valence-corrected chi connectivity index (χ0v) is 23.6. The Kier molecular flexibility index (Phi) is 7.05. The van der Waals surface area contributed by atoms with Crippen LogP contribution in [0, 0.1) is 45.3 Å². The maximum Gasteiger partial charge on any atom is 0.331 e. The van der Waals surface area contributed by atoms with Gasteiger partial charge in [0, 0.05) is 41.1 Å². The van der Waals surface area contributed by atoms with Gasteiger partial charge in [0.2, 0.25) is 0 Å². The number of carbonyl (C=O) groups excluding carboxylic acids is 1. The summed E-state index contributed by atoms with van der Waals surface area (Å²) in [6.45, 7) is 6.49. The van der Waals surface area contributed by atoms with Crippen LogP contribution in [0.5, 0.6) is 0 Å². The van der Waals surface area contributed by atoms with E-state index < -0.39 is 40.4 Å². The average Bonchev–Trinajstić information content (AvgIpc) is 3.57. The van der Waals surface area contributed by atoms with E-state index in [4.69, 9.17) is 9.47 Å². The minimum Gasteiger partial charge on any atom is -0.478 e. The van der Waals surface area contributed by atoms with Gasteiger partial charge < -0.3 is 35.0 Å². The van der Waals surface area contributed by atoms with Crippen molar-refractivity contribution in [2.45, 2.75) is 83.7 Å². The lowest BCUT2D eigenvalue weighted by Gasteiger charge is -2.41. The first kappa shape index (κ1) is 29.2. The highest BCUT2D eigenvalue weighted by atomic mass is 16.5. The van der Waals surface area contributed by atoms with Crippen LogP contribution in [0.2, 0.25) is 0 Å². The topological polar surface area (TPSA) is 171 Å². The molecule has 0 unspecified atom stereocenters. The summed E-state index contributed by atoms with van der Waals surface area (Å²) in [5.41, 5.74) is -1.07. The van der Waals surface area contributed by atoms with Gasteiger partial charge >= 0.3 is 11.9 Å². The second kappa shape index (κ2) is 9.64. The molecule has 10 nitrogen and oxygen atoms in total. The molecule has 6 aliphatic carbocycles. The quantitative estimate of drug-likeness (QED) is 0.302. The summed E-state index contributed by atoms with van der Waals surface area (Å²) in [6.07, 6.45) is 5.43. The highest BCUT2D eigenvalue weighted by Crippen LogP contribution is 2.71. The number of hydrogen-bond donors (Lipinski definition) is 5. The van der Waals surface area contributed by atoms with Gasteiger partial charge in [-0.25, -0.2) is 9.59 Å². The van der Waals surface area contributed by atoms with Crippen LogP contribution in [-0.4, -0.2) is 82.1 Å². The predicted octanol–water partition coefficient (Wildman–Crippen LogP) is 2.16. The Morgan fingerprint density at radius 1 is 0.875 bits per heavy atom. The maximum absolute atomic E-state index is 11.5. The molecule has 4 saturated carbocycles. The molecule has 40 heavy (non-hydrogen) atoms. The maximum atomic E-state index is 11.5. The van der Waals surface area contributed by atoms with Crippen LogP contribution in [0.15, 0.2) is 23.3 Å². The molecule has 4 bridgehead atoms. The first-order valence-corrected chi connectivity index (χ1v) is 14.3. The van der Waals surface area contributed by atoms with Crippen molar-refractivity contribution in [1.29, 1.82) is 0 Å². The molecule has 0 aliphatic heterocycles. The fraction of sp³-hybridized carbons (Fsp3) is 0.767. The van der Waals surface area contributed by atoms with Crippen LogP contribution in [-0.2, 0) is 23.9 Å². The molecular weight excluding hydrogens is 520 g/mol. The normalized spacial score (nSPS) is 47.3. The van der Waals surface area contributed by atoms with Crippen molar-refractivity contribution in [3.8, 4) is 0 Å². The molecule has 0 saturated heterocycles. The number of carbonyl (C=O) groups is 3. The average molecular weight is 563 g/mol. The highest BCUT2D eigenvalue weighted by Gasteiger charge is 2.71. The first-order chi connectivity index (χ1) is 18.8. The van der Waals surface area contributed by atoms with Crippen molar-refractivity contribution in [3.63, 3.8) is 0 Å². The summed E-state index contributed by atoms with van der Waals surface area (Å²) >= 11 is 0. The van der Waals surface area contributed by atoms with Gasteiger partial charge in [-0.3, -0.25) is 4.79 Å². The molecule has 4 fully saturated rings. The molecule has 6 aliphatic rings. The van der Waals surface area contributed by atoms with Gasteiger partial charge in [-0.05, 0) is 79.8 Å². The number of aliphatic carboxylic acids is 2. The van der Waals surface area contributed by atoms with Crippen LogP contribution < -0.4 is 0 Å². The summed E-state index contributed by atoms with van der Waals surface area (Å²) in [5.74, 6) is -1.98. The van der Waals surface area contributed by atoms with Crippen LogP contribution in [0.3, 0.4) is 0 Å². The van der Waals surface area contributed by atoms with E-state index in [9.17, 15) is 39.9 Å². The standard InChI is InChI=1S/C15H22O5.C15H20O5/c1-14(7-16)9-6-15(10(14)3-4-12(15)20-2)11(17)5-8(9)13(18)19;1-14(2)9-6-15(11(17)5-8(9)13(18)19)10(14)3-4-12(15)20-7-16/h5,9-12,16-17H,3-4,6-7H2,1-2H3,(H,18,19);5,7,9-12,17H,3-4,6H2,1-2H3,(H,18,19)/t9-,10-,11-,12+,14+,15+;9-,10-,11-,12+,15+/m00/s1. The fourth-order valence-electron chi connectivity index (χ4n) is 10.6. The third-order valence-electron chi connectivity index (χ3n) is 12.3. The molecule has 0 heterocycles. The van der Waals surface area contributed by atoms with Gasteiger partial charge in [0.1, 0.15) is 6.10 Å². The smallest absolute Gasteiger partial charge is 0.331 e. The summed E-state index contributed by atoms with van der Waals surface area (Å²) < 4.78 is 10.8. The van der Waals surface area contributed by atoms with E-state index in [1.54, 1.807) is 7.11 Å². The van der Waals surface area contributed by atoms with Crippen molar-refractivity contribution < 1.29 is 49.4 Å². The Morgan fingerprint density at radius 3 is 1.90 bits per heavy atom. The number of carboxylic acids is 2. The SMILES string of the molecule is CC1(C)[C@H]2C[C@@]3([C@@H](O)C=C2C(=O)O)[C@H](OC=O)CC[C@@H]13.CO[C@@H]1CC[C@H]2[C@](C)(CO)[C@H]3C[C@@]12[C@@H](O)C=C3C(=O)O. The third-order valence-corrected chi connectivity index (χ3v) is 12.3. The lowest BCUT2D eigenvalue weighted by molar-refractivity contribution is -0.146. The fourth-order valence-corrected chi connectivity index (χ4v) is 10.6. The minimum absolute atomic E-state index is 0.0577. The summed E-state index contributed by atoms with van der Waals surface area (Å²) in [6, 6.07) is 0. The van der Waals surface area contributed by atoms with E-state index in [2.05, 4.69) is 13.8 Å². The summed E-state index contributed by atoms with van der Waals surface area (Å²) in [7, 11) is 1.65. The number of hydrogen-bond acceptors (Lipinski definition) is 8. The Morgan fingerprint density at radius 2 is 1.38 bits per heavy atom. The summed E-state index contributed by atoms with van der Waals surface area (Å²) in [5, 5.41) is 49.9. The van der Waals surface area contributed by atoms with Crippen molar-refractivity contribution in [1.82, 2.24) is 0 Å². The van der Waals surface area contributed by atoms with E-state index in [1.807, 2.05) is 6.92 Å². The van der Waals surface area contributed by atoms with Crippen LogP contribution in [0.4, 0.5) is 0 Å². The van der Waals surface area contributed by atoms with E-state index in [0.717, 1.165) is 25.7 Å². The molecule has 2 spiro atoms. The summed E-state index contributed by atoms with van der Waals surface area (Å²) in [4.78, 5) is 33.6. The highest BCUT2D eigenvalue weighted by molar-refractivity contribution is 5.88. The van der Waals surface area contributed by atoms with Crippen molar-refractivity contribution >= 4 is 18.4 Å². The lowest BCUT2D eigenvalue weighted by atomic mass is 9.68. The number of ether oxygens (including phenoxy) is 2. The Balaban J connectivity index is 0.000000161. The second-order valence-corrected chi connectivity index (χ2v) is 13.7. The minimum atomic E-state index is -0.988. The molecule has 0 radical (unpaired) electrons. The monoisotopic (exact) mass is 562 g/mol. The second-order valence-electron chi connectivity index (χ2n) is 13.7. The van der Waals surface area contributed by atoms with E-state index >= 15 is 0 Å². The number of carboxylic acid groups (broad SMARTS) is 2. The molecule has 0 aromatic heterocycles. The number of fused-ring (bicyclic) bond motifs is 2. The van der Waals surface area contributed by atoms with Crippen molar-refractivity contribution in [3.05, 3.63) is 23.3 Å². The molecule has 0 aromatic rings. The van der Waals surface area contributed by atoms with Gasteiger partial charge in [0.25, 0.3) is 6.47 Å². The predicted molar refractivity (Wildman–Crippen MR) is 141 cm³/mol. The number of aliphatic hydroxyl groups is 3. The van der Waals surface area contributed by atoms with Crippen molar-refractivity contribution in [2.75, 3.05) is 13.7 Å². The molecule has 222 valence electrons. The zero-order valence-electron chi connectivity index (χ0n) is 23.6. The van der Waals surface area contributed by atoms with Gasteiger partial charge in [0.15, 0.2) is 0 Å². The van der Waals surface area contributed by atoms with Crippen molar-refractivity contribution in [2.24, 2.45) is 45.3 Å². The molecule has 0 aromatic carbocycles. The number of rotatable bonds is 6. The van der Waals surface area contributed by atoms with Gasteiger partial charge in [-0.15, -0.1) is 0 Å². The van der Waals surface area contributed by atoms with Gasteiger partial charge in [-0.1, -0.05) is 20.8 Å². The van der Waals surface area contributed by atoms with E-state index in [0.29, 0.717) is 24.9 Å². The molecule has 5 N–H and O–H groups in total. The van der Waals surface area contributed by atoms with Gasteiger partial charge in [-0.2, -0.15) is 0 Å². The molecular formula is C30H42O10. The first-order valence-electron chi connectivity index (χ1n) is 14.3. The number of methoxy groups -OCH3 is 1. The largest absolute Gasteiger partial charge is 0.478 e. The van der Waals surface area contributed by atoms with Crippen LogP contribution in [0.1, 0.15) is 59.3 Å². The number of aliphatic hydroxyl groups excluding tert-OH is 3. The van der Waals surface area contributed by atoms with Gasteiger partial charge in [0.05, 0.1) is 18.3 Å². The molecule has 6 rings (SSSR count). The Bertz CT molecular complexity index is 1140. The van der Waals surface area contributed by atoms with E-state index in [1.165, 1.54) is 12.2 Å². The molecule has 11 atom stereocenters. The third kappa shape index (κ3) is 3.58. The van der Waals surface area contributed by atoms with Crippen LogP contribution in [0.25, 0.3) is 0 Å². The lowest BCUT2D eigenvalue weighted by Crippen LogP contribution is -2.46. The van der Waals surface area contributed by atoms with E-state index in [-0.39, 0.29) is 53.5 Å². The zero-order chi connectivity index (χ0) is 29.4. The molecule has 10 heteroatoms. The Labute approximate surface area is 234 Å².